The number of hydrogen-bond donors (Lipinski definition) is 5. The number of pyridine rings is 1. The van der Waals surface area contributed by atoms with Crippen molar-refractivity contribution in [2.24, 2.45) is 0 Å². The normalized spacial score (nSPS) is 13.3. The molecule has 5 rings (SSSR count). The van der Waals surface area contributed by atoms with E-state index in [4.69, 9.17) is 0 Å². The Bertz CT molecular complexity index is 1730. The molecule has 0 fully saturated rings. The van der Waals surface area contributed by atoms with Gasteiger partial charge in [0.15, 0.2) is 0 Å². The molecular weight excluding hydrogens is 491 g/mol. The molecule has 2 aromatic carbocycles. The summed E-state index contributed by atoms with van der Waals surface area (Å²) in [6.45, 7) is 3.31. The Labute approximate surface area is 215 Å². The van der Waals surface area contributed by atoms with Gasteiger partial charge in [0.1, 0.15) is 11.4 Å². The van der Waals surface area contributed by atoms with Crippen LogP contribution in [0.2, 0.25) is 0 Å². The summed E-state index contributed by atoms with van der Waals surface area (Å²) < 4.78 is 13.3. The van der Waals surface area contributed by atoms with E-state index >= 15 is 0 Å². The van der Waals surface area contributed by atoms with Crippen molar-refractivity contribution in [3.63, 3.8) is 0 Å². The summed E-state index contributed by atoms with van der Waals surface area (Å²) in [5.41, 5.74) is 3.40. The standard InChI is InChI=1S/C28H21FN4O5/c1-13-22(31-14(2)24(13)28(37)38)10-19-18-8-7-17(9-23(18)33-26(19)35)32-27(36)21-12-30-11-20(25(21)34)15-3-5-16(29)6-4-15/h3-12,31H,1-2H3,(H,30,34)(H,32,36)(H,33,35)(H,37,38). The van der Waals surface area contributed by atoms with Gasteiger partial charge < -0.3 is 25.7 Å². The second-order valence-electron chi connectivity index (χ2n) is 8.81. The first-order chi connectivity index (χ1) is 18.1. The topological polar surface area (TPSA) is 144 Å². The van der Waals surface area contributed by atoms with Crippen LogP contribution in [0.4, 0.5) is 15.8 Å². The number of carbonyl (C=O) groups excluding carboxylic acids is 2. The number of aromatic nitrogens is 2. The number of hydrogen-bond acceptors (Lipinski definition) is 4. The van der Waals surface area contributed by atoms with E-state index in [-0.39, 0.29) is 22.6 Å². The highest BCUT2D eigenvalue weighted by atomic mass is 19.1. The second-order valence-corrected chi connectivity index (χ2v) is 8.81. The molecule has 10 heteroatoms. The summed E-state index contributed by atoms with van der Waals surface area (Å²) in [4.78, 5) is 55.9. The van der Waals surface area contributed by atoms with Gasteiger partial charge in [0.25, 0.3) is 11.8 Å². The lowest BCUT2D eigenvalue weighted by atomic mass is 10.0. The monoisotopic (exact) mass is 512 g/mol. The van der Waals surface area contributed by atoms with E-state index < -0.39 is 23.1 Å². The van der Waals surface area contributed by atoms with Gasteiger partial charge in [-0.3, -0.25) is 14.4 Å². The molecule has 0 spiro atoms. The van der Waals surface area contributed by atoms with Gasteiger partial charge in [0, 0.05) is 40.6 Å². The Kier molecular flexibility index (Phi) is 6.00. The SMILES string of the molecule is Cc1[nH]c(C=C2C(=O)Nc3cc(NC(=O)c4c[nH]cc(-c5ccc(F)cc5)c4=O)ccc32)c(C)c1C(=O)O. The van der Waals surface area contributed by atoms with Gasteiger partial charge in [-0.05, 0) is 55.3 Å². The lowest BCUT2D eigenvalue weighted by Crippen LogP contribution is -2.22. The van der Waals surface area contributed by atoms with Crippen molar-refractivity contribution in [1.29, 1.82) is 0 Å². The number of anilines is 2. The van der Waals surface area contributed by atoms with E-state index in [1.165, 1.54) is 36.7 Å². The van der Waals surface area contributed by atoms with Crippen molar-refractivity contribution >= 4 is 40.8 Å². The summed E-state index contributed by atoms with van der Waals surface area (Å²) in [6.07, 6.45) is 4.32. The highest BCUT2D eigenvalue weighted by Gasteiger charge is 2.26. The first-order valence-corrected chi connectivity index (χ1v) is 11.5. The Hall–Kier alpha value is -5.25. The van der Waals surface area contributed by atoms with Gasteiger partial charge in [-0.25, -0.2) is 9.18 Å². The van der Waals surface area contributed by atoms with E-state index in [1.54, 1.807) is 38.1 Å². The summed E-state index contributed by atoms with van der Waals surface area (Å²) >= 11 is 0. The molecule has 0 atom stereocenters. The van der Waals surface area contributed by atoms with Crippen LogP contribution in [0.25, 0.3) is 22.8 Å². The molecule has 190 valence electrons. The van der Waals surface area contributed by atoms with E-state index in [0.29, 0.717) is 45.0 Å². The van der Waals surface area contributed by atoms with Crippen LogP contribution in [-0.2, 0) is 4.79 Å². The number of aromatic amines is 2. The Morgan fingerprint density at radius 3 is 2.42 bits per heavy atom. The fraction of sp³-hybridized carbons (Fsp3) is 0.0714. The predicted octanol–water partition coefficient (Wildman–Crippen LogP) is 4.57. The molecule has 2 amide bonds. The molecule has 2 aromatic heterocycles. The fourth-order valence-corrected chi connectivity index (χ4v) is 4.49. The minimum Gasteiger partial charge on any atom is -0.478 e. The number of fused-ring (bicyclic) bond motifs is 1. The van der Waals surface area contributed by atoms with Crippen LogP contribution < -0.4 is 16.1 Å². The van der Waals surface area contributed by atoms with Crippen molar-refractivity contribution < 1.29 is 23.9 Å². The van der Waals surface area contributed by atoms with Gasteiger partial charge >= 0.3 is 5.97 Å². The molecule has 3 heterocycles. The van der Waals surface area contributed by atoms with Crippen LogP contribution in [0, 0.1) is 19.7 Å². The van der Waals surface area contributed by atoms with Gasteiger partial charge in [-0.1, -0.05) is 18.2 Å². The maximum atomic E-state index is 13.3. The van der Waals surface area contributed by atoms with Crippen LogP contribution >= 0.6 is 0 Å². The molecule has 0 saturated carbocycles. The first kappa shape index (κ1) is 24.4. The molecular formula is C28H21FN4O5. The number of aromatic carboxylic acids is 1. The average molecular weight is 512 g/mol. The first-order valence-electron chi connectivity index (χ1n) is 11.5. The third-order valence-electron chi connectivity index (χ3n) is 6.38. The number of halogens is 1. The number of carboxylic acid groups (broad SMARTS) is 1. The van der Waals surface area contributed by atoms with E-state index in [2.05, 4.69) is 20.6 Å². The van der Waals surface area contributed by atoms with E-state index in [9.17, 15) is 28.7 Å². The molecule has 9 nitrogen and oxygen atoms in total. The second kappa shape index (κ2) is 9.32. The number of carbonyl (C=O) groups is 3. The predicted molar refractivity (Wildman–Crippen MR) is 141 cm³/mol. The number of H-pyrrole nitrogens is 2. The van der Waals surface area contributed by atoms with Crippen LogP contribution in [-0.4, -0.2) is 32.9 Å². The Morgan fingerprint density at radius 1 is 1.00 bits per heavy atom. The molecule has 1 aliphatic rings. The largest absolute Gasteiger partial charge is 0.478 e. The van der Waals surface area contributed by atoms with Gasteiger partial charge in [0.05, 0.1) is 16.8 Å². The highest BCUT2D eigenvalue weighted by Crippen LogP contribution is 2.36. The molecule has 0 radical (unpaired) electrons. The summed E-state index contributed by atoms with van der Waals surface area (Å²) in [5, 5.41) is 14.8. The molecule has 0 bridgehead atoms. The molecule has 0 unspecified atom stereocenters. The van der Waals surface area contributed by atoms with Crippen molar-refractivity contribution in [2.45, 2.75) is 13.8 Å². The quantitative estimate of drug-likeness (QED) is 0.249. The maximum Gasteiger partial charge on any atom is 0.337 e. The van der Waals surface area contributed by atoms with E-state index in [0.717, 1.165) is 0 Å². The maximum absolute atomic E-state index is 13.3. The molecule has 5 N–H and O–H groups in total. The third-order valence-corrected chi connectivity index (χ3v) is 6.38. The summed E-state index contributed by atoms with van der Waals surface area (Å²) in [6, 6.07) is 10.2. The lowest BCUT2D eigenvalue weighted by Gasteiger charge is -2.08. The molecule has 0 aliphatic carbocycles. The zero-order valence-electron chi connectivity index (χ0n) is 20.2. The molecule has 38 heavy (non-hydrogen) atoms. The number of carboxylic acids is 1. The summed E-state index contributed by atoms with van der Waals surface area (Å²) in [7, 11) is 0. The highest BCUT2D eigenvalue weighted by molar-refractivity contribution is 6.35. The zero-order chi connectivity index (χ0) is 27.1. The number of rotatable bonds is 5. The summed E-state index contributed by atoms with van der Waals surface area (Å²) in [5.74, 6) is -2.53. The Morgan fingerprint density at radius 2 is 1.74 bits per heavy atom. The van der Waals surface area contributed by atoms with Gasteiger partial charge in [-0.15, -0.1) is 0 Å². The third kappa shape index (κ3) is 4.28. The number of benzene rings is 2. The molecule has 4 aromatic rings. The molecule has 0 saturated heterocycles. The van der Waals surface area contributed by atoms with Crippen LogP contribution in [0.1, 0.15) is 43.2 Å². The van der Waals surface area contributed by atoms with Crippen molar-refractivity contribution in [2.75, 3.05) is 10.6 Å². The van der Waals surface area contributed by atoms with Gasteiger partial charge in [-0.2, -0.15) is 0 Å². The van der Waals surface area contributed by atoms with Crippen LogP contribution in [0.3, 0.4) is 0 Å². The van der Waals surface area contributed by atoms with Gasteiger partial charge in [0.2, 0.25) is 5.43 Å². The van der Waals surface area contributed by atoms with Crippen molar-refractivity contribution in [3.05, 3.63) is 105 Å². The smallest absolute Gasteiger partial charge is 0.337 e. The average Bonchev–Trinajstić information content (AvgIpc) is 3.33. The van der Waals surface area contributed by atoms with Crippen LogP contribution in [0.5, 0.6) is 0 Å². The minimum atomic E-state index is -1.06. The fourth-order valence-electron chi connectivity index (χ4n) is 4.49. The lowest BCUT2D eigenvalue weighted by molar-refractivity contribution is -0.110. The number of aryl methyl sites for hydroxylation is 1. The minimum absolute atomic E-state index is 0.135. The van der Waals surface area contributed by atoms with Crippen molar-refractivity contribution in [1.82, 2.24) is 9.97 Å². The number of amides is 2. The van der Waals surface area contributed by atoms with Crippen molar-refractivity contribution in [3.8, 4) is 11.1 Å². The zero-order valence-corrected chi connectivity index (χ0v) is 20.2. The number of nitrogens with one attached hydrogen (secondary N) is 4. The Balaban J connectivity index is 1.42. The van der Waals surface area contributed by atoms with Crippen LogP contribution in [0.15, 0.2) is 59.7 Å². The molecule has 1 aliphatic heterocycles. The van der Waals surface area contributed by atoms with E-state index in [1.807, 2.05) is 0 Å².